The average Bonchev–Trinajstić information content (AvgIpc) is 3.13. The predicted octanol–water partition coefficient (Wildman–Crippen LogP) is 3.42. The number of anilines is 1. The SMILES string of the molecule is COc1cc(F)c(NC(=O)c2ccn(-c3ccccc3F)n2)cc1OC. The van der Waals surface area contributed by atoms with E-state index in [1.807, 2.05) is 0 Å². The molecule has 3 rings (SSSR count). The molecule has 26 heavy (non-hydrogen) atoms. The molecule has 0 spiro atoms. The second-order valence-electron chi connectivity index (χ2n) is 5.24. The second kappa shape index (κ2) is 7.22. The van der Waals surface area contributed by atoms with Crippen molar-refractivity contribution in [1.29, 1.82) is 0 Å². The Morgan fingerprint density at radius 1 is 1.04 bits per heavy atom. The van der Waals surface area contributed by atoms with Crippen molar-refractivity contribution in [3.8, 4) is 17.2 Å². The van der Waals surface area contributed by atoms with E-state index in [0.29, 0.717) is 0 Å². The van der Waals surface area contributed by atoms with Gasteiger partial charge in [0.2, 0.25) is 0 Å². The third kappa shape index (κ3) is 3.34. The minimum absolute atomic E-state index is 0.00226. The van der Waals surface area contributed by atoms with Gasteiger partial charge in [0.1, 0.15) is 11.5 Å². The van der Waals surface area contributed by atoms with Gasteiger partial charge in [0.15, 0.2) is 23.0 Å². The number of ether oxygens (including phenoxy) is 2. The standard InChI is InChI=1S/C18H15F2N3O3/c1-25-16-9-12(20)14(10-17(16)26-2)21-18(24)13-7-8-23(22-13)15-6-4-3-5-11(15)19/h3-10H,1-2H3,(H,21,24). The van der Waals surface area contributed by atoms with Crippen molar-refractivity contribution in [2.24, 2.45) is 0 Å². The zero-order valence-electron chi connectivity index (χ0n) is 14.0. The summed E-state index contributed by atoms with van der Waals surface area (Å²) in [7, 11) is 2.78. The van der Waals surface area contributed by atoms with E-state index in [1.165, 1.54) is 49.4 Å². The van der Waals surface area contributed by atoms with Gasteiger partial charge in [-0.3, -0.25) is 4.79 Å². The summed E-state index contributed by atoms with van der Waals surface area (Å²) < 4.78 is 39.2. The first-order valence-electron chi connectivity index (χ1n) is 7.57. The van der Waals surface area contributed by atoms with Crippen LogP contribution in [0.5, 0.6) is 11.5 Å². The highest BCUT2D eigenvalue weighted by Crippen LogP contribution is 2.32. The molecule has 0 unspecified atom stereocenters. The van der Waals surface area contributed by atoms with E-state index < -0.39 is 17.5 Å². The quantitative estimate of drug-likeness (QED) is 0.758. The third-order valence-electron chi connectivity index (χ3n) is 3.64. The normalized spacial score (nSPS) is 10.5. The molecule has 1 heterocycles. The molecule has 1 amide bonds. The third-order valence-corrected chi connectivity index (χ3v) is 3.64. The molecule has 1 N–H and O–H groups in total. The molecule has 2 aromatic carbocycles. The fourth-order valence-electron chi connectivity index (χ4n) is 2.35. The van der Waals surface area contributed by atoms with Gasteiger partial charge in [0.25, 0.3) is 5.91 Å². The number of amides is 1. The number of methoxy groups -OCH3 is 2. The van der Waals surface area contributed by atoms with E-state index in [-0.39, 0.29) is 28.6 Å². The first kappa shape index (κ1) is 17.4. The molecule has 0 aliphatic heterocycles. The maximum absolute atomic E-state index is 14.1. The van der Waals surface area contributed by atoms with Crippen LogP contribution in [0.15, 0.2) is 48.7 Å². The summed E-state index contributed by atoms with van der Waals surface area (Å²) in [6, 6.07) is 9.83. The van der Waals surface area contributed by atoms with Crippen LogP contribution < -0.4 is 14.8 Å². The first-order valence-corrected chi connectivity index (χ1v) is 7.57. The monoisotopic (exact) mass is 359 g/mol. The summed E-state index contributed by atoms with van der Waals surface area (Å²) in [5, 5.41) is 6.44. The molecule has 6 nitrogen and oxygen atoms in total. The van der Waals surface area contributed by atoms with E-state index in [0.717, 1.165) is 6.07 Å². The Bertz CT molecular complexity index is 957. The van der Waals surface area contributed by atoms with Crippen LogP contribution in [0.1, 0.15) is 10.5 Å². The van der Waals surface area contributed by atoms with Crippen molar-refractivity contribution in [3.63, 3.8) is 0 Å². The summed E-state index contributed by atoms with van der Waals surface area (Å²) >= 11 is 0. The number of nitrogens with zero attached hydrogens (tertiary/aromatic N) is 2. The zero-order valence-corrected chi connectivity index (χ0v) is 14.0. The van der Waals surface area contributed by atoms with E-state index in [2.05, 4.69) is 10.4 Å². The van der Waals surface area contributed by atoms with Crippen LogP contribution in [0.2, 0.25) is 0 Å². The lowest BCUT2D eigenvalue weighted by Crippen LogP contribution is -2.14. The van der Waals surface area contributed by atoms with E-state index >= 15 is 0 Å². The van der Waals surface area contributed by atoms with E-state index in [4.69, 9.17) is 9.47 Å². The Kier molecular flexibility index (Phi) is 4.83. The Labute approximate surface area is 148 Å². The lowest BCUT2D eigenvalue weighted by molar-refractivity contribution is 0.102. The fourth-order valence-corrected chi connectivity index (χ4v) is 2.35. The molecule has 0 fully saturated rings. The van der Waals surface area contributed by atoms with Crippen LogP contribution in [0, 0.1) is 11.6 Å². The highest BCUT2D eigenvalue weighted by Gasteiger charge is 2.16. The van der Waals surface area contributed by atoms with Crippen molar-refractivity contribution in [1.82, 2.24) is 9.78 Å². The Balaban J connectivity index is 1.85. The maximum atomic E-state index is 14.1. The highest BCUT2D eigenvalue weighted by molar-refractivity contribution is 6.03. The number of carbonyl (C=O) groups excluding carboxylic acids is 1. The van der Waals surface area contributed by atoms with Crippen molar-refractivity contribution in [2.45, 2.75) is 0 Å². The number of hydrogen-bond acceptors (Lipinski definition) is 4. The average molecular weight is 359 g/mol. The molecule has 0 saturated carbocycles. The van der Waals surface area contributed by atoms with Crippen LogP contribution >= 0.6 is 0 Å². The Hall–Kier alpha value is -3.42. The van der Waals surface area contributed by atoms with Gasteiger partial charge in [-0.25, -0.2) is 13.5 Å². The summed E-state index contributed by atoms with van der Waals surface area (Å²) in [6.45, 7) is 0. The lowest BCUT2D eigenvalue weighted by atomic mass is 10.2. The van der Waals surface area contributed by atoms with Crippen molar-refractivity contribution >= 4 is 11.6 Å². The smallest absolute Gasteiger partial charge is 0.276 e. The van der Waals surface area contributed by atoms with Gasteiger partial charge >= 0.3 is 0 Å². The van der Waals surface area contributed by atoms with Crippen LogP contribution in [0.25, 0.3) is 5.69 Å². The number of hydrogen-bond donors (Lipinski definition) is 1. The van der Waals surface area contributed by atoms with Gasteiger partial charge in [-0.15, -0.1) is 0 Å². The molecule has 1 aromatic heterocycles. The molecular formula is C18H15F2N3O3. The number of para-hydroxylation sites is 1. The molecule has 0 aliphatic rings. The predicted molar refractivity (Wildman–Crippen MR) is 91.0 cm³/mol. The van der Waals surface area contributed by atoms with Gasteiger partial charge in [-0.2, -0.15) is 5.10 Å². The summed E-state index contributed by atoms with van der Waals surface area (Å²) in [5.41, 5.74) is 0.111. The molecule has 0 bridgehead atoms. The molecule has 134 valence electrons. The molecule has 0 atom stereocenters. The molecular weight excluding hydrogens is 344 g/mol. The first-order chi connectivity index (χ1) is 12.5. The topological polar surface area (TPSA) is 65.4 Å². The number of rotatable bonds is 5. The van der Waals surface area contributed by atoms with Crippen LogP contribution in [0.4, 0.5) is 14.5 Å². The maximum Gasteiger partial charge on any atom is 0.276 e. The van der Waals surface area contributed by atoms with E-state index in [9.17, 15) is 13.6 Å². The van der Waals surface area contributed by atoms with Crippen LogP contribution in [0.3, 0.4) is 0 Å². The van der Waals surface area contributed by atoms with Crippen molar-refractivity contribution in [2.75, 3.05) is 19.5 Å². The molecule has 0 radical (unpaired) electrons. The van der Waals surface area contributed by atoms with Crippen molar-refractivity contribution in [3.05, 3.63) is 66.0 Å². The van der Waals surface area contributed by atoms with Gasteiger partial charge in [0.05, 0.1) is 19.9 Å². The van der Waals surface area contributed by atoms with Gasteiger partial charge < -0.3 is 14.8 Å². The summed E-state index contributed by atoms with van der Waals surface area (Å²) in [4.78, 5) is 12.3. The lowest BCUT2D eigenvalue weighted by Gasteiger charge is -2.11. The number of carbonyl (C=O) groups is 1. The van der Waals surface area contributed by atoms with Crippen molar-refractivity contribution < 1.29 is 23.0 Å². The number of halogens is 2. The van der Waals surface area contributed by atoms with Crippen LogP contribution in [-0.2, 0) is 0 Å². The van der Waals surface area contributed by atoms with Gasteiger partial charge in [0, 0.05) is 18.3 Å². The largest absolute Gasteiger partial charge is 0.493 e. The van der Waals surface area contributed by atoms with E-state index in [1.54, 1.807) is 12.1 Å². The molecule has 0 aliphatic carbocycles. The second-order valence-corrected chi connectivity index (χ2v) is 5.24. The highest BCUT2D eigenvalue weighted by atomic mass is 19.1. The van der Waals surface area contributed by atoms with Gasteiger partial charge in [-0.05, 0) is 18.2 Å². The van der Waals surface area contributed by atoms with Crippen LogP contribution in [-0.4, -0.2) is 29.9 Å². The minimum Gasteiger partial charge on any atom is -0.493 e. The number of benzene rings is 2. The Morgan fingerprint density at radius 3 is 2.42 bits per heavy atom. The Morgan fingerprint density at radius 2 is 1.73 bits per heavy atom. The minimum atomic E-state index is -0.690. The molecule has 0 saturated heterocycles. The van der Waals surface area contributed by atoms with Gasteiger partial charge in [-0.1, -0.05) is 12.1 Å². The summed E-state index contributed by atoms with van der Waals surface area (Å²) in [5.74, 6) is -1.35. The zero-order chi connectivity index (χ0) is 18.7. The number of aromatic nitrogens is 2. The fraction of sp³-hybridized carbons (Fsp3) is 0.111. The molecule has 8 heteroatoms. The summed E-state index contributed by atoms with van der Waals surface area (Å²) in [6.07, 6.45) is 1.44. The number of nitrogens with one attached hydrogen (secondary N) is 1. The molecule has 3 aromatic rings.